The van der Waals surface area contributed by atoms with Gasteiger partial charge in [-0.3, -0.25) is 0 Å². The molecule has 0 amide bonds. The minimum atomic E-state index is 0.213. The summed E-state index contributed by atoms with van der Waals surface area (Å²) in [5.74, 6) is 2.74. The van der Waals surface area contributed by atoms with Crippen molar-refractivity contribution in [2.24, 2.45) is 0 Å². The molecule has 0 radical (unpaired) electrons. The normalized spacial score (nSPS) is 14.7. The van der Waals surface area contributed by atoms with E-state index in [1.807, 2.05) is 0 Å². The highest BCUT2D eigenvalue weighted by Crippen LogP contribution is 2.24. The van der Waals surface area contributed by atoms with Gasteiger partial charge in [0, 0.05) is 18.5 Å². The van der Waals surface area contributed by atoms with Crippen molar-refractivity contribution in [3.05, 3.63) is 35.4 Å². The molecule has 0 fully saturated rings. The third kappa shape index (κ3) is 4.73. The number of terminal acetylenes is 1. The zero-order chi connectivity index (χ0) is 14.5. The van der Waals surface area contributed by atoms with Crippen LogP contribution in [0.5, 0.6) is 0 Å². The summed E-state index contributed by atoms with van der Waals surface area (Å²) in [6.45, 7) is 11.1. The van der Waals surface area contributed by atoms with E-state index in [-0.39, 0.29) is 5.41 Å². The maximum absolute atomic E-state index is 5.40. The largest absolute Gasteiger partial charge is 0.307 e. The molecule has 1 N–H and O–H groups in total. The molecule has 0 aliphatic carbocycles. The van der Waals surface area contributed by atoms with Crippen LogP contribution in [-0.2, 0) is 5.41 Å². The molecule has 0 aliphatic heterocycles. The number of nitrogens with one attached hydrogen (secondary N) is 1. The number of hydrogen-bond acceptors (Lipinski definition) is 1. The second-order valence-corrected chi connectivity index (χ2v) is 6.27. The lowest BCUT2D eigenvalue weighted by Crippen LogP contribution is -2.30. The van der Waals surface area contributed by atoms with Crippen LogP contribution >= 0.6 is 0 Å². The van der Waals surface area contributed by atoms with Gasteiger partial charge in [0.2, 0.25) is 0 Å². The monoisotopic (exact) mass is 257 g/mol. The van der Waals surface area contributed by atoms with Crippen LogP contribution in [0, 0.1) is 12.3 Å². The van der Waals surface area contributed by atoms with Gasteiger partial charge in [0.15, 0.2) is 0 Å². The van der Waals surface area contributed by atoms with Crippen molar-refractivity contribution in [1.29, 1.82) is 0 Å². The van der Waals surface area contributed by atoms with Crippen LogP contribution in [0.4, 0.5) is 0 Å². The molecule has 0 heterocycles. The fourth-order valence-corrected chi connectivity index (χ4v) is 2.18. The van der Waals surface area contributed by atoms with Crippen molar-refractivity contribution < 1.29 is 0 Å². The lowest BCUT2D eigenvalue weighted by molar-refractivity contribution is 0.449. The second-order valence-electron chi connectivity index (χ2n) is 6.27. The molecule has 0 saturated carbocycles. The van der Waals surface area contributed by atoms with Gasteiger partial charge in [-0.25, -0.2) is 0 Å². The van der Waals surface area contributed by atoms with Crippen LogP contribution in [0.25, 0.3) is 0 Å². The molecule has 0 aliphatic rings. The molecule has 1 rings (SSSR count). The Morgan fingerprint density at radius 1 is 1.21 bits per heavy atom. The summed E-state index contributed by atoms with van der Waals surface area (Å²) in [7, 11) is 0. The molecule has 1 aromatic carbocycles. The third-order valence-electron chi connectivity index (χ3n) is 3.62. The maximum atomic E-state index is 5.40. The van der Waals surface area contributed by atoms with Crippen molar-refractivity contribution in [2.75, 3.05) is 0 Å². The van der Waals surface area contributed by atoms with Crippen molar-refractivity contribution in [2.45, 2.75) is 65.0 Å². The van der Waals surface area contributed by atoms with Gasteiger partial charge in [0.25, 0.3) is 0 Å². The molecule has 19 heavy (non-hydrogen) atoms. The zero-order valence-electron chi connectivity index (χ0n) is 13.0. The Hall–Kier alpha value is -1.26. The molecule has 1 nitrogen and oxygen atoms in total. The number of rotatable bonds is 5. The predicted molar refractivity (Wildman–Crippen MR) is 84.2 cm³/mol. The van der Waals surface area contributed by atoms with E-state index in [1.54, 1.807) is 0 Å². The van der Waals surface area contributed by atoms with Crippen LogP contribution in [0.15, 0.2) is 24.3 Å². The fraction of sp³-hybridized carbons (Fsp3) is 0.556. The van der Waals surface area contributed by atoms with Gasteiger partial charge in [0.1, 0.15) is 0 Å². The average Bonchev–Trinajstić information content (AvgIpc) is 2.37. The molecule has 1 aromatic rings. The lowest BCUT2D eigenvalue weighted by atomic mass is 9.86. The Balaban J connectivity index is 2.73. The van der Waals surface area contributed by atoms with Crippen molar-refractivity contribution in [3.8, 4) is 12.3 Å². The van der Waals surface area contributed by atoms with E-state index in [0.29, 0.717) is 12.1 Å². The Kier molecular flexibility index (Phi) is 5.63. The average molecular weight is 257 g/mol. The predicted octanol–water partition coefficient (Wildman–Crippen LogP) is 4.44. The molecule has 1 heteroatoms. The van der Waals surface area contributed by atoms with Crippen molar-refractivity contribution in [3.63, 3.8) is 0 Å². The number of hydrogen-bond donors (Lipinski definition) is 1. The lowest BCUT2D eigenvalue weighted by Gasteiger charge is -2.23. The van der Waals surface area contributed by atoms with E-state index >= 15 is 0 Å². The first-order chi connectivity index (χ1) is 8.88. The minimum Gasteiger partial charge on any atom is -0.307 e. The Labute approximate surface area is 118 Å². The van der Waals surface area contributed by atoms with Crippen LogP contribution < -0.4 is 5.32 Å². The molecule has 0 bridgehead atoms. The molecule has 2 unspecified atom stereocenters. The molecular formula is C18H27N. The zero-order valence-corrected chi connectivity index (χ0v) is 13.0. The Morgan fingerprint density at radius 2 is 1.79 bits per heavy atom. The van der Waals surface area contributed by atoms with Crippen LogP contribution in [0.3, 0.4) is 0 Å². The van der Waals surface area contributed by atoms with Crippen LogP contribution in [0.2, 0.25) is 0 Å². The summed E-state index contributed by atoms with van der Waals surface area (Å²) in [6, 6.07) is 9.65. The molecular weight excluding hydrogens is 230 g/mol. The second kappa shape index (κ2) is 6.78. The molecule has 2 atom stereocenters. The van der Waals surface area contributed by atoms with E-state index in [0.717, 1.165) is 12.8 Å². The van der Waals surface area contributed by atoms with Crippen LogP contribution in [-0.4, -0.2) is 6.04 Å². The van der Waals surface area contributed by atoms with Gasteiger partial charge in [0.05, 0.1) is 0 Å². The summed E-state index contributed by atoms with van der Waals surface area (Å²) in [4.78, 5) is 0. The topological polar surface area (TPSA) is 12.0 Å². The fourth-order valence-electron chi connectivity index (χ4n) is 2.18. The molecule has 104 valence electrons. The van der Waals surface area contributed by atoms with Gasteiger partial charge >= 0.3 is 0 Å². The summed E-state index contributed by atoms with van der Waals surface area (Å²) in [5.41, 5.74) is 2.91. The van der Waals surface area contributed by atoms with E-state index in [9.17, 15) is 0 Å². The number of benzene rings is 1. The van der Waals surface area contributed by atoms with E-state index < -0.39 is 0 Å². The molecule has 0 aromatic heterocycles. The van der Waals surface area contributed by atoms with Gasteiger partial charge in [-0.1, -0.05) is 52.0 Å². The van der Waals surface area contributed by atoms with Crippen LogP contribution in [0.1, 0.15) is 64.6 Å². The first kappa shape index (κ1) is 15.8. The van der Waals surface area contributed by atoms with Gasteiger partial charge in [-0.15, -0.1) is 12.3 Å². The SMILES string of the molecule is C#CCC(CC)NC(C)c1ccc(C(C)(C)C)cc1. The van der Waals surface area contributed by atoms with Gasteiger partial charge in [-0.05, 0) is 29.9 Å². The summed E-state index contributed by atoms with van der Waals surface area (Å²) < 4.78 is 0. The van der Waals surface area contributed by atoms with E-state index in [1.165, 1.54) is 11.1 Å². The first-order valence-corrected chi connectivity index (χ1v) is 7.18. The Morgan fingerprint density at radius 3 is 2.21 bits per heavy atom. The summed E-state index contributed by atoms with van der Waals surface area (Å²) >= 11 is 0. The van der Waals surface area contributed by atoms with Gasteiger partial charge in [-0.2, -0.15) is 0 Å². The van der Waals surface area contributed by atoms with E-state index in [4.69, 9.17) is 6.42 Å². The first-order valence-electron chi connectivity index (χ1n) is 7.18. The standard InChI is InChI=1S/C18H27N/c1-7-9-17(8-2)19-14(3)15-10-12-16(13-11-15)18(4,5)6/h1,10-14,17,19H,8-9H2,2-6H3. The summed E-state index contributed by atoms with van der Waals surface area (Å²) in [5, 5.41) is 3.60. The highest BCUT2D eigenvalue weighted by molar-refractivity contribution is 5.29. The van der Waals surface area contributed by atoms with Crippen molar-refractivity contribution in [1.82, 2.24) is 5.32 Å². The Bertz CT molecular complexity index is 416. The highest BCUT2D eigenvalue weighted by atomic mass is 14.9. The molecule has 0 saturated heterocycles. The maximum Gasteiger partial charge on any atom is 0.0294 e. The molecule has 0 spiro atoms. The quantitative estimate of drug-likeness (QED) is 0.769. The smallest absolute Gasteiger partial charge is 0.0294 e. The van der Waals surface area contributed by atoms with E-state index in [2.05, 4.69) is 70.1 Å². The third-order valence-corrected chi connectivity index (χ3v) is 3.62. The minimum absolute atomic E-state index is 0.213. The summed E-state index contributed by atoms with van der Waals surface area (Å²) in [6.07, 6.45) is 7.25. The van der Waals surface area contributed by atoms with Crippen molar-refractivity contribution >= 4 is 0 Å². The highest BCUT2D eigenvalue weighted by Gasteiger charge is 2.15. The van der Waals surface area contributed by atoms with Gasteiger partial charge < -0.3 is 5.32 Å².